The predicted octanol–water partition coefficient (Wildman–Crippen LogP) is 3.87. The van der Waals surface area contributed by atoms with Crippen molar-refractivity contribution < 1.29 is 19.2 Å². The number of nitro groups is 1. The number of fused-ring (bicyclic) bond motifs is 1. The van der Waals surface area contributed by atoms with Crippen molar-refractivity contribution in [1.29, 1.82) is 0 Å². The zero-order chi connectivity index (χ0) is 18.7. The molecular formula is C18H15ClN2O5. The number of halogens is 1. The van der Waals surface area contributed by atoms with E-state index in [1.54, 1.807) is 12.1 Å². The van der Waals surface area contributed by atoms with E-state index in [2.05, 4.69) is 5.32 Å². The second kappa shape index (κ2) is 7.45. The highest BCUT2D eigenvalue weighted by atomic mass is 35.5. The molecule has 7 nitrogen and oxygen atoms in total. The van der Waals surface area contributed by atoms with Crippen LogP contribution in [0.4, 0.5) is 5.69 Å². The van der Waals surface area contributed by atoms with Crippen LogP contribution in [0.5, 0.6) is 11.5 Å². The number of rotatable bonds is 5. The number of carbonyl (C=O) groups excluding carboxylic acids is 1. The molecule has 1 heterocycles. The first-order valence-corrected chi connectivity index (χ1v) is 8.14. The van der Waals surface area contributed by atoms with Crippen LogP contribution in [-0.4, -0.2) is 17.6 Å². The van der Waals surface area contributed by atoms with Crippen LogP contribution in [0.15, 0.2) is 42.5 Å². The third kappa shape index (κ3) is 3.94. The van der Waals surface area contributed by atoms with E-state index >= 15 is 0 Å². The van der Waals surface area contributed by atoms with Gasteiger partial charge in [-0.3, -0.25) is 14.9 Å². The van der Waals surface area contributed by atoms with Gasteiger partial charge >= 0.3 is 0 Å². The maximum absolute atomic E-state index is 12.1. The lowest BCUT2D eigenvalue weighted by Crippen LogP contribution is -2.24. The average molecular weight is 375 g/mol. The summed E-state index contributed by atoms with van der Waals surface area (Å²) in [6.45, 7) is 2.03. The first-order chi connectivity index (χ1) is 12.4. The van der Waals surface area contributed by atoms with Crippen molar-refractivity contribution in [2.45, 2.75) is 13.0 Å². The van der Waals surface area contributed by atoms with Gasteiger partial charge in [0.05, 0.1) is 11.0 Å². The highest BCUT2D eigenvalue weighted by molar-refractivity contribution is 6.32. The zero-order valence-electron chi connectivity index (χ0n) is 13.8. The van der Waals surface area contributed by atoms with Crippen LogP contribution in [0, 0.1) is 10.1 Å². The van der Waals surface area contributed by atoms with Gasteiger partial charge < -0.3 is 14.8 Å². The molecule has 1 aliphatic rings. The van der Waals surface area contributed by atoms with Crippen LogP contribution in [0.3, 0.4) is 0 Å². The molecule has 26 heavy (non-hydrogen) atoms. The van der Waals surface area contributed by atoms with Gasteiger partial charge in [-0.1, -0.05) is 23.7 Å². The Bertz CT molecular complexity index is 897. The molecule has 0 aromatic heterocycles. The van der Waals surface area contributed by atoms with Gasteiger partial charge in [0.2, 0.25) is 12.7 Å². The van der Waals surface area contributed by atoms with Crippen LogP contribution in [0.2, 0.25) is 5.02 Å². The van der Waals surface area contributed by atoms with Crippen LogP contribution in [-0.2, 0) is 4.79 Å². The summed E-state index contributed by atoms with van der Waals surface area (Å²) in [4.78, 5) is 22.4. The summed E-state index contributed by atoms with van der Waals surface area (Å²) in [7, 11) is 0. The van der Waals surface area contributed by atoms with Gasteiger partial charge in [-0.25, -0.2) is 0 Å². The van der Waals surface area contributed by atoms with Crippen LogP contribution in [0.1, 0.15) is 24.1 Å². The molecule has 0 fully saturated rings. The van der Waals surface area contributed by atoms with Crippen molar-refractivity contribution in [3.63, 3.8) is 0 Å². The van der Waals surface area contributed by atoms with Crippen molar-refractivity contribution in [2.24, 2.45) is 0 Å². The molecule has 8 heteroatoms. The fraction of sp³-hybridized carbons (Fsp3) is 0.167. The molecule has 0 spiro atoms. The SMILES string of the molecule is CC(NC(=O)/C=C/c1ccc(Cl)c([N+](=O)[O-])c1)c1ccc2c(c1)OCO2. The summed E-state index contributed by atoms with van der Waals surface area (Å²) >= 11 is 5.77. The summed E-state index contributed by atoms with van der Waals surface area (Å²) < 4.78 is 10.6. The Morgan fingerprint density at radius 2 is 2.04 bits per heavy atom. The molecule has 3 rings (SSSR count). The van der Waals surface area contributed by atoms with Gasteiger partial charge in [0, 0.05) is 12.1 Å². The minimum Gasteiger partial charge on any atom is -0.454 e. The smallest absolute Gasteiger partial charge is 0.288 e. The monoisotopic (exact) mass is 374 g/mol. The highest BCUT2D eigenvalue weighted by Crippen LogP contribution is 2.34. The number of nitro benzene ring substituents is 1. The van der Waals surface area contributed by atoms with E-state index in [0.717, 1.165) is 5.56 Å². The molecule has 0 bridgehead atoms. The number of carbonyl (C=O) groups is 1. The zero-order valence-corrected chi connectivity index (χ0v) is 14.5. The molecule has 1 amide bonds. The maximum Gasteiger partial charge on any atom is 0.288 e. The topological polar surface area (TPSA) is 90.7 Å². The summed E-state index contributed by atoms with van der Waals surface area (Å²) in [6, 6.07) is 9.55. The number of hydrogen-bond donors (Lipinski definition) is 1. The summed E-state index contributed by atoms with van der Waals surface area (Å²) in [5.41, 5.74) is 1.17. The van der Waals surface area contributed by atoms with E-state index in [0.29, 0.717) is 17.1 Å². The maximum atomic E-state index is 12.1. The van der Waals surface area contributed by atoms with Crippen LogP contribution < -0.4 is 14.8 Å². The first-order valence-electron chi connectivity index (χ1n) is 7.76. The molecule has 1 atom stereocenters. The molecule has 0 aliphatic carbocycles. The third-order valence-electron chi connectivity index (χ3n) is 3.85. The number of ether oxygens (including phenoxy) is 2. The van der Waals surface area contributed by atoms with Crippen LogP contribution in [0.25, 0.3) is 6.08 Å². The summed E-state index contributed by atoms with van der Waals surface area (Å²) in [5, 5.41) is 13.8. The Morgan fingerprint density at radius 1 is 1.27 bits per heavy atom. The molecule has 134 valence electrons. The molecule has 1 unspecified atom stereocenters. The van der Waals surface area contributed by atoms with E-state index in [-0.39, 0.29) is 29.5 Å². The van der Waals surface area contributed by atoms with Crippen molar-refractivity contribution in [3.8, 4) is 11.5 Å². The third-order valence-corrected chi connectivity index (χ3v) is 4.17. The Balaban J connectivity index is 1.66. The van der Waals surface area contributed by atoms with E-state index in [9.17, 15) is 14.9 Å². The van der Waals surface area contributed by atoms with E-state index in [1.165, 1.54) is 24.3 Å². The standard InChI is InChI=1S/C18H15ClN2O5/c1-11(13-4-6-16-17(9-13)26-10-25-16)20-18(22)7-3-12-2-5-14(19)15(8-12)21(23)24/h2-9,11H,10H2,1H3,(H,20,22)/b7-3+. The molecular weight excluding hydrogens is 360 g/mol. The molecule has 1 aliphatic heterocycles. The van der Waals surface area contributed by atoms with Gasteiger partial charge in [0.25, 0.3) is 5.69 Å². The van der Waals surface area contributed by atoms with Gasteiger partial charge in [0.1, 0.15) is 5.02 Å². The lowest BCUT2D eigenvalue weighted by molar-refractivity contribution is -0.384. The average Bonchev–Trinajstić information content (AvgIpc) is 3.08. The normalized spacial score (nSPS) is 13.6. The fourth-order valence-electron chi connectivity index (χ4n) is 2.47. The number of benzene rings is 2. The fourth-order valence-corrected chi connectivity index (χ4v) is 2.66. The number of nitrogens with one attached hydrogen (secondary N) is 1. The summed E-state index contributed by atoms with van der Waals surface area (Å²) in [5.74, 6) is 0.997. The quantitative estimate of drug-likeness (QED) is 0.487. The highest BCUT2D eigenvalue weighted by Gasteiger charge is 2.16. The molecule has 1 N–H and O–H groups in total. The van der Waals surface area contributed by atoms with Crippen molar-refractivity contribution in [3.05, 3.63) is 68.7 Å². The molecule has 0 saturated carbocycles. The second-order valence-corrected chi connectivity index (χ2v) is 6.05. The Kier molecular flexibility index (Phi) is 5.09. The largest absolute Gasteiger partial charge is 0.454 e. The second-order valence-electron chi connectivity index (χ2n) is 5.64. The van der Waals surface area contributed by atoms with Gasteiger partial charge in [0.15, 0.2) is 11.5 Å². The Labute approximate surface area is 154 Å². The van der Waals surface area contributed by atoms with Crippen LogP contribution >= 0.6 is 11.6 Å². The first kappa shape index (κ1) is 17.8. The molecule has 0 radical (unpaired) electrons. The number of amides is 1. The van der Waals surface area contributed by atoms with E-state index < -0.39 is 4.92 Å². The molecule has 2 aromatic carbocycles. The number of nitrogens with zero attached hydrogens (tertiary/aromatic N) is 1. The lowest BCUT2D eigenvalue weighted by atomic mass is 10.1. The van der Waals surface area contributed by atoms with Crippen molar-refractivity contribution >= 4 is 29.3 Å². The van der Waals surface area contributed by atoms with Crippen molar-refractivity contribution in [2.75, 3.05) is 6.79 Å². The van der Waals surface area contributed by atoms with Gasteiger partial charge in [-0.2, -0.15) is 0 Å². The van der Waals surface area contributed by atoms with Crippen molar-refractivity contribution in [1.82, 2.24) is 5.32 Å². The van der Waals surface area contributed by atoms with Gasteiger partial charge in [-0.15, -0.1) is 0 Å². The van der Waals surface area contributed by atoms with Gasteiger partial charge in [-0.05, 0) is 42.3 Å². The molecule has 2 aromatic rings. The minimum absolute atomic E-state index is 0.0491. The predicted molar refractivity (Wildman–Crippen MR) is 96.3 cm³/mol. The van der Waals surface area contributed by atoms with E-state index in [1.807, 2.05) is 19.1 Å². The van der Waals surface area contributed by atoms with E-state index in [4.69, 9.17) is 21.1 Å². The summed E-state index contributed by atoms with van der Waals surface area (Å²) in [6.07, 6.45) is 2.81. The molecule has 0 saturated heterocycles. The number of hydrogen-bond acceptors (Lipinski definition) is 5. The lowest BCUT2D eigenvalue weighted by Gasteiger charge is -2.13. The Morgan fingerprint density at radius 3 is 2.81 bits per heavy atom. The Hall–Kier alpha value is -3.06. The minimum atomic E-state index is -0.568.